The van der Waals surface area contributed by atoms with Crippen molar-refractivity contribution < 1.29 is 4.92 Å². The SMILES string of the molecule is [CH2]CC(CCCCC)[N+](=O)[O-]. The molecule has 0 aliphatic heterocycles. The van der Waals surface area contributed by atoms with Crippen LogP contribution < -0.4 is 0 Å². The van der Waals surface area contributed by atoms with Crippen LogP contribution in [0.3, 0.4) is 0 Å². The maximum absolute atomic E-state index is 10.3. The Hall–Kier alpha value is -0.600. The fourth-order valence-corrected chi connectivity index (χ4v) is 0.985. The molecule has 11 heavy (non-hydrogen) atoms. The molecule has 0 fully saturated rings. The van der Waals surface area contributed by atoms with Crippen LogP contribution in [0.5, 0.6) is 0 Å². The van der Waals surface area contributed by atoms with E-state index in [4.69, 9.17) is 0 Å². The van der Waals surface area contributed by atoms with Gasteiger partial charge in [-0.05, 0) is 13.3 Å². The predicted octanol–water partition coefficient (Wildman–Crippen LogP) is 2.44. The van der Waals surface area contributed by atoms with Crippen LogP contribution in [-0.4, -0.2) is 11.0 Å². The minimum absolute atomic E-state index is 0.220. The van der Waals surface area contributed by atoms with Gasteiger partial charge in [0.25, 0.3) is 0 Å². The first-order valence-corrected chi connectivity index (χ1v) is 4.15. The van der Waals surface area contributed by atoms with E-state index >= 15 is 0 Å². The number of hydrogen-bond acceptors (Lipinski definition) is 2. The van der Waals surface area contributed by atoms with Crippen molar-refractivity contribution in [3.8, 4) is 0 Å². The summed E-state index contributed by atoms with van der Waals surface area (Å²) in [6.07, 6.45) is 4.25. The first kappa shape index (κ1) is 10.4. The fraction of sp³-hybridized carbons (Fsp3) is 0.875. The highest BCUT2D eigenvalue weighted by Gasteiger charge is 2.15. The molecule has 0 N–H and O–H groups in total. The summed E-state index contributed by atoms with van der Waals surface area (Å²) in [7, 11) is 0. The Labute approximate surface area is 67.9 Å². The second kappa shape index (κ2) is 6.13. The Kier molecular flexibility index (Phi) is 5.80. The van der Waals surface area contributed by atoms with E-state index in [0.717, 1.165) is 19.3 Å². The number of hydrogen-bond donors (Lipinski definition) is 0. The van der Waals surface area contributed by atoms with Gasteiger partial charge in [-0.25, -0.2) is 0 Å². The van der Waals surface area contributed by atoms with Gasteiger partial charge in [0.1, 0.15) is 0 Å². The third kappa shape index (κ3) is 4.76. The summed E-state index contributed by atoms with van der Waals surface area (Å²) >= 11 is 0. The Morgan fingerprint density at radius 3 is 2.55 bits per heavy atom. The lowest BCUT2D eigenvalue weighted by Gasteiger charge is -2.04. The van der Waals surface area contributed by atoms with Crippen LogP contribution in [0, 0.1) is 17.0 Å². The van der Waals surface area contributed by atoms with Crippen LogP contribution in [0.15, 0.2) is 0 Å². The second-order valence-electron chi connectivity index (χ2n) is 2.72. The molecule has 0 rings (SSSR count). The summed E-state index contributed by atoms with van der Waals surface area (Å²) in [5.41, 5.74) is 0. The summed E-state index contributed by atoms with van der Waals surface area (Å²) in [4.78, 5) is 10.1. The lowest BCUT2D eigenvalue weighted by atomic mass is 10.1. The van der Waals surface area contributed by atoms with Crippen molar-refractivity contribution in [2.45, 2.75) is 45.1 Å². The molecule has 0 bridgehead atoms. The highest BCUT2D eigenvalue weighted by molar-refractivity contribution is 4.57. The van der Waals surface area contributed by atoms with Crippen LogP contribution in [0.25, 0.3) is 0 Å². The molecule has 0 aromatic rings. The van der Waals surface area contributed by atoms with E-state index in [2.05, 4.69) is 13.8 Å². The van der Waals surface area contributed by atoms with E-state index in [-0.39, 0.29) is 4.92 Å². The van der Waals surface area contributed by atoms with Gasteiger partial charge in [-0.15, -0.1) is 0 Å². The van der Waals surface area contributed by atoms with Gasteiger partial charge in [-0.1, -0.05) is 19.8 Å². The molecule has 65 valence electrons. The molecule has 0 amide bonds. The largest absolute Gasteiger partial charge is 0.264 e. The van der Waals surface area contributed by atoms with E-state index < -0.39 is 6.04 Å². The molecule has 3 heteroatoms. The predicted molar refractivity (Wildman–Crippen MR) is 44.9 cm³/mol. The van der Waals surface area contributed by atoms with E-state index in [1.165, 1.54) is 0 Å². The monoisotopic (exact) mass is 158 g/mol. The Bertz CT molecular complexity index is 115. The van der Waals surface area contributed by atoms with Gasteiger partial charge in [0.05, 0.1) is 0 Å². The zero-order chi connectivity index (χ0) is 8.69. The van der Waals surface area contributed by atoms with Crippen LogP contribution >= 0.6 is 0 Å². The van der Waals surface area contributed by atoms with Crippen molar-refractivity contribution in [2.24, 2.45) is 0 Å². The minimum atomic E-state index is -0.415. The van der Waals surface area contributed by atoms with Crippen molar-refractivity contribution in [1.29, 1.82) is 0 Å². The van der Waals surface area contributed by atoms with Gasteiger partial charge in [-0.3, -0.25) is 10.1 Å². The quantitative estimate of drug-likeness (QED) is 0.338. The Balaban J connectivity index is 3.44. The summed E-state index contributed by atoms with van der Waals surface area (Å²) in [6.45, 7) is 5.63. The summed E-state index contributed by atoms with van der Waals surface area (Å²) in [5.74, 6) is 0. The molecule has 0 saturated heterocycles. The maximum atomic E-state index is 10.3. The molecule has 1 atom stereocenters. The molecule has 1 unspecified atom stereocenters. The van der Waals surface area contributed by atoms with Gasteiger partial charge < -0.3 is 0 Å². The topological polar surface area (TPSA) is 43.1 Å². The molecule has 0 aliphatic carbocycles. The van der Waals surface area contributed by atoms with E-state index in [1.807, 2.05) is 0 Å². The van der Waals surface area contributed by atoms with Crippen LogP contribution in [0.4, 0.5) is 0 Å². The smallest absolute Gasteiger partial charge is 0.213 e. The molecular weight excluding hydrogens is 142 g/mol. The number of rotatable bonds is 6. The number of nitro groups is 1. The van der Waals surface area contributed by atoms with Crippen molar-refractivity contribution in [3.63, 3.8) is 0 Å². The molecular formula is C8H16NO2. The molecule has 0 heterocycles. The average molecular weight is 158 g/mol. The van der Waals surface area contributed by atoms with Gasteiger partial charge in [0.2, 0.25) is 6.04 Å². The first-order chi connectivity index (χ1) is 5.22. The van der Waals surface area contributed by atoms with Crippen LogP contribution in [-0.2, 0) is 0 Å². The van der Waals surface area contributed by atoms with E-state index in [9.17, 15) is 10.1 Å². The zero-order valence-corrected chi connectivity index (χ0v) is 7.08. The summed E-state index contributed by atoms with van der Waals surface area (Å²) in [5, 5.41) is 10.3. The summed E-state index contributed by atoms with van der Waals surface area (Å²) in [6, 6.07) is -0.415. The number of unbranched alkanes of at least 4 members (excludes halogenated alkanes) is 2. The molecule has 0 spiro atoms. The van der Waals surface area contributed by atoms with Crippen LogP contribution in [0.2, 0.25) is 0 Å². The Morgan fingerprint density at radius 1 is 1.55 bits per heavy atom. The Morgan fingerprint density at radius 2 is 2.18 bits per heavy atom. The molecule has 0 aromatic heterocycles. The molecule has 0 saturated carbocycles. The fourth-order valence-electron chi connectivity index (χ4n) is 0.985. The highest BCUT2D eigenvalue weighted by Crippen LogP contribution is 2.08. The van der Waals surface area contributed by atoms with Gasteiger partial charge in [0.15, 0.2) is 0 Å². The van der Waals surface area contributed by atoms with Crippen molar-refractivity contribution >= 4 is 0 Å². The third-order valence-electron chi connectivity index (χ3n) is 1.77. The van der Waals surface area contributed by atoms with Gasteiger partial charge in [0, 0.05) is 17.8 Å². The van der Waals surface area contributed by atoms with Crippen LogP contribution in [0.1, 0.15) is 39.0 Å². The third-order valence-corrected chi connectivity index (χ3v) is 1.77. The number of nitrogens with zero attached hydrogens (tertiary/aromatic N) is 1. The standard InChI is InChI=1S/C8H16NO2/c1-3-5-6-7-8(4-2)9(10)11/h8H,2-7H2,1H3. The first-order valence-electron chi connectivity index (χ1n) is 4.15. The zero-order valence-electron chi connectivity index (χ0n) is 7.08. The normalized spacial score (nSPS) is 12.9. The minimum Gasteiger partial charge on any atom is -0.264 e. The molecule has 1 radical (unpaired) electrons. The maximum Gasteiger partial charge on any atom is 0.213 e. The molecule has 3 nitrogen and oxygen atoms in total. The van der Waals surface area contributed by atoms with E-state index in [0.29, 0.717) is 12.8 Å². The van der Waals surface area contributed by atoms with Gasteiger partial charge in [-0.2, -0.15) is 0 Å². The van der Waals surface area contributed by atoms with E-state index in [1.54, 1.807) is 0 Å². The van der Waals surface area contributed by atoms with Crippen molar-refractivity contribution in [1.82, 2.24) is 0 Å². The lowest BCUT2D eigenvalue weighted by Crippen LogP contribution is -2.17. The molecule has 0 aliphatic rings. The van der Waals surface area contributed by atoms with Crippen molar-refractivity contribution in [2.75, 3.05) is 0 Å². The summed E-state index contributed by atoms with van der Waals surface area (Å²) < 4.78 is 0. The highest BCUT2D eigenvalue weighted by atomic mass is 16.6. The van der Waals surface area contributed by atoms with Gasteiger partial charge >= 0.3 is 0 Å². The van der Waals surface area contributed by atoms with Crippen molar-refractivity contribution in [3.05, 3.63) is 17.0 Å². The lowest BCUT2D eigenvalue weighted by molar-refractivity contribution is -0.522. The molecule has 0 aromatic carbocycles. The average Bonchev–Trinajstić information content (AvgIpc) is 1.97. The second-order valence-corrected chi connectivity index (χ2v) is 2.72.